The van der Waals surface area contributed by atoms with Crippen LogP contribution in [0.4, 0.5) is 0 Å². The number of rotatable bonds is 3. The predicted molar refractivity (Wildman–Crippen MR) is 60.6 cm³/mol. The van der Waals surface area contributed by atoms with Crippen molar-refractivity contribution in [1.82, 2.24) is 20.2 Å². The molecular formula is C11H15N5. The Hall–Kier alpha value is -1.75. The second-order valence-corrected chi connectivity index (χ2v) is 4.35. The first-order chi connectivity index (χ1) is 7.55. The number of benzene rings is 1. The van der Waals surface area contributed by atoms with Gasteiger partial charge < -0.3 is 5.73 Å². The third kappa shape index (κ3) is 2.43. The van der Waals surface area contributed by atoms with E-state index in [0.29, 0.717) is 12.4 Å². The van der Waals surface area contributed by atoms with Crippen molar-refractivity contribution < 1.29 is 0 Å². The average molecular weight is 217 g/mol. The van der Waals surface area contributed by atoms with Crippen LogP contribution in [0.2, 0.25) is 0 Å². The molecule has 16 heavy (non-hydrogen) atoms. The molecule has 1 aromatic heterocycles. The highest BCUT2D eigenvalue weighted by molar-refractivity contribution is 5.14. The number of hydrogen-bond acceptors (Lipinski definition) is 4. The van der Waals surface area contributed by atoms with E-state index in [1.165, 1.54) is 0 Å². The molecule has 0 atom stereocenters. The summed E-state index contributed by atoms with van der Waals surface area (Å²) < 4.78 is 0. The zero-order valence-electron chi connectivity index (χ0n) is 9.46. The van der Waals surface area contributed by atoms with Gasteiger partial charge in [-0.25, -0.2) is 0 Å². The third-order valence-electron chi connectivity index (χ3n) is 2.20. The van der Waals surface area contributed by atoms with Gasteiger partial charge in [0.25, 0.3) is 0 Å². The SMILES string of the molecule is CC(C)(N)c1nnn(Cc2ccccc2)n1. The van der Waals surface area contributed by atoms with Crippen molar-refractivity contribution in [2.45, 2.75) is 25.9 Å². The van der Waals surface area contributed by atoms with Crippen molar-refractivity contribution in [1.29, 1.82) is 0 Å². The Labute approximate surface area is 94.3 Å². The number of nitrogens with two attached hydrogens (primary N) is 1. The van der Waals surface area contributed by atoms with Crippen molar-refractivity contribution in [3.05, 3.63) is 41.7 Å². The lowest BCUT2D eigenvalue weighted by atomic mass is 10.1. The largest absolute Gasteiger partial charge is 0.319 e. The maximum Gasteiger partial charge on any atom is 0.193 e. The molecule has 0 fully saturated rings. The molecule has 0 saturated heterocycles. The molecule has 84 valence electrons. The fourth-order valence-corrected chi connectivity index (χ4v) is 1.31. The van der Waals surface area contributed by atoms with Crippen molar-refractivity contribution >= 4 is 0 Å². The molecule has 5 nitrogen and oxygen atoms in total. The van der Waals surface area contributed by atoms with Crippen molar-refractivity contribution in [3.63, 3.8) is 0 Å². The van der Waals surface area contributed by atoms with Crippen LogP contribution in [0, 0.1) is 0 Å². The molecule has 0 saturated carbocycles. The van der Waals surface area contributed by atoms with E-state index in [4.69, 9.17) is 5.73 Å². The second kappa shape index (κ2) is 4.02. The van der Waals surface area contributed by atoms with E-state index < -0.39 is 5.54 Å². The van der Waals surface area contributed by atoms with Gasteiger partial charge in [-0.15, -0.1) is 10.2 Å². The standard InChI is InChI=1S/C11H15N5/c1-11(2,12)10-13-15-16(14-10)8-9-6-4-3-5-7-9/h3-7H,8,12H2,1-2H3. The molecule has 0 radical (unpaired) electrons. The van der Waals surface area contributed by atoms with Crippen LogP contribution in [0.5, 0.6) is 0 Å². The van der Waals surface area contributed by atoms with E-state index in [1.807, 2.05) is 44.2 Å². The first kappa shape index (κ1) is 10.8. The Balaban J connectivity index is 2.15. The molecule has 0 aliphatic carbocycles. The molecule has 2 aromatic rings. The minimum atomic E-state index is -0.547. The number of aromatic nitrogens is 4. The van der Waals surface area contributed by atoms with Gasteiger partial charge >= 0.3 is 0 Å². The Morgan fingerprint density at radius 3 is 2.50 bits per heavy atom. The minimum absolute atomic E-state index is 0.547. The Morgan fingerprint density at radius 1 is 1.25 bits per heavy atom. The first-order valence-electron chi connectivity index (χ1n) is 5.17. The van der Waals surface area contributed by atoms with Gasteiger partial charge in [0, 0.05) is 0 Å². The summed E-state index contributed by atoms with van der Waals surface area (Å²) in [6.07, 6.45) is 0. The molecular weight excluding hydrogens is 202 g/mol. The molecule has 0 aliphatic rings. The van der Waals surface area contributed by atoms with Gasteiger partial charge in [0.15, 0.2) is 5.82 Å². The lowest BCUT2D eigenvalue weighted by Crippen LogP contribution is -2.30. The normalized spacial score (nSPS) is 11.7. The smallest absolute Gasteiger partial charge is 0.193 e. The second-order valence-electron chi connectivity index (χ2n) is 4.35. The van der Waals surface area contributed by atoms with E-state index in [1.54, 1.807) is 4.80 Å². The fraction of sp³-hybridized carbons (Fsp3) is 0.364. The number of nitrogens with zero attached hydrogens (tertiary/aromatic N) is 4. The fourth-order valence-electron chi connectivity index (χ4n) is 1.31. The molecule has 5 heteroatoms. The summed E-state index contributed by atoms with van der Waals surface area (Å²) in [5.74, 6) is 0.559. The summed E-state index contributed by atoms with van der Waals surface area (Å²) in [4.78, 5) is 1.55. The highest BCUT2D eigenvalue weighted by Gasteiger charge is 2.20. The maximum atomic E-state index is 5.89. The van der Waals surface area contributed by atoms with Crippen LogP contribution >= 0.6 is 0 Å². The Morgan fingerprint density at radius 2 is 1.94 bits per heavy atom. The summed E-state index contributed by atoms with van der Waals surface area (Å²) in [6.45, 7) is 4.33. The maximum absolute atomic E-state index is 5.89. The zero-order valence-corrected chi connectivity index (χ0v) is 9.46. The Kier molecular flexibility index (Phi) is 2.70. The summed E-state index contributed by atoms with van der Waals surface area (Å²) >= 11 is 0. The van der Waals surface area contributed by atoms with Gasteiger partial charge in [-0.3, -0.25) is 0 Å². The lowest BCUT2D eigenvalue weighted by Gasteiger charge is -2.11. The summed E-state index contributed by atoms with van der Waals surface area (Å²) in [5.41, 5.74) is 6.48. The van der Waals surface area contributed by atoms with Crippen molar-refractivity contribution in [3.8, 4) is 0 Å². The van der Waals surface area contributed by atoms with Gasteiger partial charge in [-0.2, -0.15) is 4.80 Å². The Bertz CT molecular complexity index is 455. The van der Waals surface area contributed by atoms with Gasteiger partial charge in [-0.1, -0.05) is 30.3 Å². The van der Waals surface area contributed by atoms with Crippen LogP contribution in [0.15, 0.2) is 30.3 Å². The molecule has 0 aliphatic heterocycles. The van der Waals surface area contributed by atoms with Crippen LogP contribution in [-0.2, 0) is 12.1 Å². The lowest BCUT2D eigenvalue weighted by molar-refractivity contribution is 0.503. The first-order valence-corrected chi connectivity index (χ1v) is 5.17. The van der Waals surface area contributed by atoms with E-state index in [-0.39, 0.29) is 0 Å². The summed E-state index contributed by atoms with van der Waals surface area (Å²) in [7, 11) is 0. The van der Waals surface area contributed by atoms with Crippen molar-refractivity contribution in [2.24, 2.45) is 5.73 Å². The molecule has 0 bridgehead atoms. The van der Waals surface area contributed by atoms with Gasteiger partial charge in [-0.05, 0) is 24.6 Å². The third-order valence-corrected chi connectivity index (χ3v) is 2.20. The molecule has 0 unspecified atom stereocenters. The topological polar surface area (TPSA) is 69.6 Å². The zero-order chi connectivity index (χ0) is 11.6. The van der Waals surface area contributed by atoms with Gasteiger partial charge in [0.1, 0.15) is 0 Å². The predicted octanol–water partition coefficient (Wildman–Crippen LogP) is 0.915. The van der Waals surface area contributed by atoms with Crippen LogP contribution < -0.4 is 5.73 Å². The summed E-state index contributed by atoms with van der Waals surface area (Å²) in [6, 6.07) is 10.0. The molecule has 0 spiro atoms. The molecule has 0 amide bonds. The highest BCUT2D eigenvalue weighted by atomic mass is 15.6. The monoisotopic (exact) mass is 217 g/mol. The van der Waals surface area contributed by atoms with Crippen molar-refractivity contribution in [2.75, 3.05) is 0 Å². The van der Waals surface area contributed by atoms with Gasteiger partial charge in [0.05, 0.1) is 12.1 Å². The van der Waals surface area contributed by atoms with E-state index in [2.05, 4.69) is 15.4 Å². The van der Waals surface area contributed by atoms with Crippen LogP contribution in [-0.4, -0.2) is 20.2 Å². The van der Waals surface area contributed by atoms with E-state index >= 15 is 0 Å². The molecule has 2 rings (SSSR count). The van der Waals surface area contributed by atoms with Crippen LogP contribution in [0.25, 0.3) is 0 Å². The average Bonchev–Trinajstić information content (AvgIpc) is 2.67. The number of tetrazole rings is 1. The van der Waals surface area contributed by atoms with Crippen LogP contribution in [0.3, 0.4) is 0 Å². The molecule has 1 heterocycles. The van der Waals surface area contributed by atoms with E-state index in [0.717, 1.165) is 5.56 Å². The number of hydrogen-bond donors (Lipinski definition) is 1. The summed E-state index contributed by atoms with van der Waals surface area (Å²) in [5, 5.41) is 12.2. The molecule has 1 aromatic carbocycles. The quantitative estimate of drug-likeness (QED) is 0.829. The molecule has 2 N–H and O–H groups in total. The minimum Gasteiger partial charge on any atom is -0.319 e. The van der Waals surface area contributed by atoms with Crippen LogP contribution in [0.1, 0.15) is 25.2 Å². The van der Waals surface area contributed by atoms with Gasteiger partial charge in [0.2, 0.25) is 0 Å². The van der Waals surface area contributed by atoms with E-state index in [9.17, 15) is 0 Å². The highest BCUT2D eigenvalue weighted by Crippen LogP contribution is 2.09.